The molecule has 0 atom stereocenters. The second-order valence-corrected chi connectivity index (χ2v) is 4.39. The summed E-state index contributed by atoms with van der Waals surface area (Å²) in [6, 6.07) is 1.68. The standard InChI is InChI=1S/C12H15F2N3O2/c13-12(14)8-17(6-7-19-9-12)11(18)3-2-10-15-4-1-5-16-10/h1,4-5H,2-3,6-9H2. The number of carbonyl (C=O) groups is 1. The Kier molecular flexibility index (Phi) is 4.36. The van der Waals surface area contributed by atoms with E-state index in [-0.39, 0.29) is 25.5 Å². The number of amides is 1. The topological polar surface area (TPSA) is 55.3 Å². The van der Waals surface area contributed by atoms with Gasteiger partial charge < -0.3 is 9.64 Å². The summed E-state index contributed by atoms with van der Waals surface area (Å²) in [6.07, 6.45) is 3.64. The number of halogens is 2. The van der Waals surface area contributed by atoms with Gasteiger partial charge in [-0.15, -0.1) is 0 Å². The van der Waals surface area contributed by atoms with Gasteiger partial charge in [0.15, 0.2) is 0 Å². The smallest absolute Gasteiger partial charge is 0.288 e. The molecule has 1 amide bonds. The van der Waals surface area contributed by atoms with Crippen LogP contribution in [0.4, 0.5) is 8.78 Å². The molecule has 0 spiro atoms. The largest absolute Gasteiger partial charge is 0.373 e. The van der Waals surface area contributed by atoms with E-state index >= 15 is 0 Å². The summed E-state index contributed by atoms with van der Waals surface area (Å²) in [5.74, 6) is -2.76. The number of aromatic nitrogens is 2. The number of nitrogens with zero attached hydrogens (tertiary/aromatic N) is 3. The van der Waals surface area contributed by atoms with Crippen LogP contribution < -0.4 is 0 Å². The molecule has 1 aromatic heterocycles. The fourth-order valence-electron chi connectivity index (χ4n) is 1.85. The molecule has 0 bridgehead atoms. The van der Waals surface area contributed by atoms with Crippen LogP contribution in [-0.2, 0) is 16.0 Å². The van der Waals surface area contributed by atoms with Gasteiger partial charge >= 0.3 is 0 Å². The molecule has 0 radical (unpaired) electrons. The van der Waals surface area contributed by atoms with Crippen molar-refractivity contribution in [3.8, 4) is 0 Å². The Morgan fingerprint density at radius 2 is 2.16 bits per heavy atom. The van der Waals surface area contributed by atoms with E-state index in [1.165, 1.54) is 0 Å². The molecule has 2 rings (SSSR count). The molecule has 1 saturated heterocycles. The molecule has 0 aromatic carbocycles. The molecule has 1 fully saturated rings. The third kappa shape index (κ3) is 4.20. The first-order chi connectivity index (χ1) is 9.07. The minimum absolute atomic E-state index is 0.125. The molecule has 1 aromatic rings. The van der Waals surface area contributed by atoms with Gasteiger partial charge in [0.25, 0.3) is 5.92 Å². The van der Waals surface area contributed by atoms with Crippen LogP contribution in [0.3, 0.4) is 0 Å². The predicted octanol–water partition coefficient (Wildman–Crippen LogP) is 0.903. The van der Waals surface area contributed by atoms with Crippen molar-refractivity contribution in [2.45, 2.75) is 18.8 Å². The first-order valence-electron chi connectivity index (χ1n) is 6.06. The number of aryl methyl sites for hydroxylation is 1. The lowest BCUT2D eigenvalue weighted by Crippen LogP contribution is -2.41. The molecule has 5 nitrogen and oxygen atoms in total. The van der Waals surface area contributed by atoms with Crippen molar-refractivity contribution in [1.29, 1.82) is 0 Å². The summed E-state index contributed by atoms with van der Waals surface area (Å²) in [4.78, 5) is 21.0. The first-order valence-corrected chi connectivity index (χ1v) is 6.06. The SMILES string of the molecule is O=C(CCc1ncccn1)N1CCOCC(F)(F)C1. The molecule has 1 aliphatic heterocycles. The molecule has 0 N–H and O–H groups in total. The highest BCUT2D eigenvalue weighted by Crippen LogP contribution is 2.19. The molecule has 0 saturated carbocycles. The zero-order chi connectivity index (χ0) is 13.7. The van der Waals surface area contributed by atoms with Crippen molar-refractivity contribution in [1.82, 2.24) is 14.9 Å². The summed E-state index contributed by atoms with van der Waals surface area (Å²) in [7, 11) is 0. The number of rotatable bonds is 3. The van der Waals surface area contributed by atoms with Gasteiger partial charge in [0.2, 0.25) is 5.91 Å². The quantitative estimate of drug-likeness (QED) is 0.819. The molecule has 0 aliphatic carbocycles. The lowest BCUT2D eigenvalue weighted by atomic mass is 10.2. The summed E-state index contributed by atoms with van der Waals surface area (Å²) >= 11 is 0. The zero-order valence-electron chi connectivity index (χ0n) is 10.4. The van der Waals surface area contributed by atoms with E-state index in [9.17, 15) is 13.6 Å². The highest BCUT2D eigenvalue weighted by atomic mass is 19.3. The maximum atomic E-state index is 13.3. The average molecular weight is 271 g/mol. The maximum absolute atomic E-state index is 13.3. The molecule has 2 heterocycles. The van der Waals surface area contributed by atoms with Crippen LogP contribution in [0.2, 0.25) is 0 Å². The molecule has 7 heteroatoms. The Balaban J connectivity index is 1.88. The van der Waals surface area contributed by atoms with E-state index in [4.69, 9.17) is 4.74 Å². The lowest BCUT2D eigenvalue weighted by molar-refractivity contribution is -0.135. The summed E-state index contributed by atoms with van der Waals surface area (Å²) < 4.78 is 31.4. The lowest BCUT2D eigenvalue weighted by Gasteiger charge is -2.23. The van der Waals surface area contributed by atoms with E-state index in [1.54, 1.807) is 18.5 Å². The van der Waals surface area contributed by atoms with Crippen LogP contribution in [0, 0.1) is 0 Å². The van der Waals surface area contributed by atoms with Gasteiger partial charge in [-0.05, 0) is 6.07 Å². The number of hydrogen-bond donors (Lipinski definition) is 0. The van der Waals surface area contributed by atoms with Crippen molar-refractivity contribution in [3.63, 3.8) is 0 Å². The van der Waals surface area contributed by atoms with Gasteiger partial charge in [0.05, 0.1) is 13.2 Å². The van der Waals surface area contributed by atoms with Crippen molar-refractivity contribution >= 4 is 5.91 Å². The minimum Gasteiger partial charge on any atom is -0.373 e. The van der Waals surface area contributed by atoms with Crippen molar-refractivity contribution in [2.75, 3.05) is 26.3 Å². The molecular weight excluding hydrogens is 256 g/mol. The minimum atomic E-state index is -2.98. The maximum Gasteiger partial charge on any atom is 0.288 e. The van der Waals surface area contributed by atoms with Crippen LogP contribution in [0.25, 0.3) is 0 Å². The van der Waals surface area contributed by atoms with Crippen molar-refractivity contribution in [3.05, 3.63) is 24.3 Å². The summed E-state index contributed by atoms with van der Waals surface area (Å²) in [5, 5.41) is 0. The normalized spacial score (nSPS) is 18.9. The Labute approximate surface area is 109 Å². The van der Waals surface area contributed by atoms with E-state index in [0.717, 1.165) is 4.90 Å². The van der Waals surface area contributed by atoms with E-state index in [0.29, 0.717) is 12.2 Å². The van der Waals surface area contributed by atoms with Gasteiger partial charge in [-0.3, -0.25) is 4.79 Å². The summed E-state index contributed by atoms with van der Waals surface area (Å²) in [6.45, 7) is -0.868. The van der Waals surface area contributed by atoms with Crippen molar-refractivity contribution in [2.24, 2.45) is 0 Å². The summed E-state index contributed by atoms with van der Waals surface area (Å²) in [5.41, 5.74) is 0. The molecule has 104 valence electrons. The average Bonchev–Trinajstić information content (AvgIpc) is 2.58. The van der Waals surface area contributed by atoms with Gasteiger partial charge in [0.1, 0.15) is 12.4 Å². The molecule has 1 aliphatic rings. The Morgan fingerprint density at radius 3 is 2.89 bits per heavy atom. The third-order valence-corrected chi connectivity index (χ3v) is 2.78. The van der Waals surface area contributed by atoms with Crippen LogP contribution in [0.1, 0.15) is 12.2 Å². The fraction of sp³-hybridized carbons (Fsp3) is 0.583. The van der Waals surface area contributed by atoms with Crippen LogP contribution in [0.15, 0.2) is 18.5 Å². The Bertz CT molecular complexity index is 428. The first kappa shape index (κ1) is 13.8. The third-order valence-electron chi connectivity index (χ3n) is 2.78. The van der Waals surface area contributed by atoms with Crippen LogP contribution in [0.5, 0.6) is 0 Å². The van der Waals surface area contributed by atoms with E-state index < -0.39 is 19.1 Å². The second kappa shape index (κ2) is 6.01. The Morgan fingerprint density at radius 1 is 1.42 bits per heavy atom. The molecular formula is C12H15F2N3O2. The fourth-order valence-corrected chi connectivity index (χ4v) is 1.85. The van der Waals surface area contributed by atoms with Gasteiger partial charge in [-0.1, -0.05) is 0 Å². The van der Waals surface area contributed by atoms with E-state index in [2.05, 4.69) is 9.97 Å². The van der Waals surface area contributed by atoms with Crippen LogP contribution >= 0.6 is 0 Å². The van der Waals surface area contributed by atoms with Crippen molar-refractivity contribution < 1.29 is 18.3 Å². The van der Waals surface area contributed by atoms with Gasteiger partial charge in [0, 0.05) is 31.8 Å². The monoisotopic (exact) mass is 271 g/mol. The number of hydrogen-bond acceptors (Lipinski definition) is 4. The number of carbonyl (C=O) groups excluding carboxylic acids is 1. The highest BCUT2D eigenvalue weighted by Gasteiger charge is 2.36. The van der Waals surface area contributed by atoms with E-state index in [1.807, 2.05) is 0 Å². The Hall–Kier alpha value is -1.63. The number of alkyl halides is 2. The second-order valence-electron chi connectivity index (χ2n) is 4.39. The number of ether oxygens (including phenoxy) is 1. The molecule has 0 unspecified atom stereocenters. The van der Waals surface area contributed by atoms with Crippen LogP contribution in [-0.4, -0.2) is 53.0 Å². The predicted molar refractivity (Wildman–Crippen MR) is 62.7 cm³/mol. The van der Waals surface area contributed by atoms with Gasteiger partial charge in [-0.2, -0.15) is 0 Å². The van der Waals surface area contributed by atoms with Gasteiger partial charge in [-0.25, -0.2) is 18.7 Å². The zero-order valence-corrected chi connectivity index (χ0v) is 10.4. The molecule has 19 heavy (non-hydrogen) atoms. The highest BCUT2D eigenvalue weighted by molar-refractivity contribution is 5.76.